The van der Waals surface area contributed by atoms with E-state index in [-0.39, 0.29) is 5.41 Å². The van der Waals surface area contributed by atoms with E-state index in [4.69, 9.17) is 15.0 Å². The highest BCUT2D eigenvalue weighted by molar-refractivity contribution is 6.16. The summed E-state index contributed by atoms with van der Waals surface area (Å²) in [7, 11) is 0. The third-order valence-corrected chi connectivity index (χ3v) is 12.2. The monoisotopic (exact) mass is 729 g/mol. The van der Waals surface area contributed by atoms with E-state index in [0.717, 1.165) is 32.9 Å². The van der Waals surface area contributed by atoms with E-state index >= 15 is 0 Å². The Morgan fingerprint density at radius 1 is 0.439 bits per heavy atom. The van der Waals surface area contributed by atoms with Crippen molar-refractivity contribution in [1.82, 2.24) is 19.5 Å². The van der Waals surface area contributed by atoms with Gasteiger partial charge in [-0.15, -0.1) is 0 Å². The first kappa shape index (κ1) is 31.9. The highest BCUT2D eigenvalue weighted by Crippen LogP contribution is 2.59. The summed E-state index contributed by atoms with van der Waals surface area (Å²) in [6, 6.07) is 63.0. The van der Waals surface area contributed by atoms with Crippen LogP contribution >= 0.6 is 0 Å². The van der Waals surface area contributed by atoms with Crippen molar-refractivity contribution in [3.8, 4) is 51.0 Å². The largest absolute Gasteiger partial charge is 0.309 e. The van der Waals surface area contributed by atoms with Gasteiger partial charge < -0.3 is 4.90 Å². The average molecular weight is 730 g/mol. The number of para-hydroxylation sites is 2. The van der Waals surface area contributed by atoms with Crippen LogP contribution in [-0.4, -0.2) is 19.5 Å². The van der Waals surface area contributed by atoms with Crippen LogP contribution in [0.5, 0.6) is 0 Å². The van der Waals surface area contributed by atoms with Crippen LogP contribution < -0.4 is 4.90 Å². The summed E-state index contributed by atoms with van der Waals surface area (Å²) in [5.74, 6) is 1.87. The predicted octanol–water partition coefficient (Wildman–Crippen LogP) is 13.2. The van der Waals surface area contributed by atoms with Crippen LogP contribution in [0.2, 0.25) is 0 Å². The van der Waals surface area contributed by atoms with Gasteiger partial charge in [-0.25, -0.2) is 4.98 Å². The fraction of sp³-hybridized carbons (Fsp3) is 0.0577. The summed E-state index contributed by atoms with van der Waals surface area (Å²) in [4.78, 5) is 17.7. The maximum atomic E-state index is 5.13. The fourth-order valence-electron chi connectivity index (χ4n) is 9.41. The molecule has 0 atom stereocenters. The standard InChI is InChI=1S/C52H35N5/c1-52(2)41-27-24-32-18-13-21-39-37-19-9-11-22-43(37)56(48(41)47(32)39)46-29-26-36(31-42(46)52)35-25-28-45-40(30-35)38-20-10-12-23-44(38)57(45)51-54-49(33-14-5-3-6-15-33)53-50(55-51)34-16-7-4-8-17-34/h3-31H,1-2H3. The third kappa shape index (κ3) is 4.60. The molecule has 0 amide bonds. The Balaban J connectivity index is 1.04. The molecule has 0 saturated carbocycles. The number of benzene rings is 8. The van der Waals surface area contributed by atoms with Gasteiger partial charge in [-0.3, -0.25) is 4.57 Å². The van der Waals surface area contributed by atoms with Crippen molar-refractivity contribution in [3.05, 3.63) is 187 Å². The summed E-state index contributed by atoms with van der Waals surface area (Å²) < 4.78 is 2.19. The van der Waals surface area contributed by atoms with E-state index in [9.17, 15) is 0 Å². The zero-order valence-electron chi connectivity index (χ0n) is 31.5. The van der Waals surface area contributed by atoms with Crippen molar-refractivity contribution in [1.29, 1.82) is 0 Å². The lowest BCUT2D eigenvalue weighted by Gasteiger charge is -2.45. The lowest BCUT2D eigenvalue weighted by Crippen LogP contribution is -2.32. The summed E-state index contributed by atoms with van der Waals surface area (Å²) in [5, 5.41) is 4.91. The van der Waals surface area contributed by atoms with E-state index in [2.05, 4.69) is 139 Å². The van der Waals surface area contributed by atoms with Crippen molar-refractivity contribution in [2.24, 2.45) is 0 Å². The number of rotatable bonds is 4. The number of fused-ring (bicyclic) bond motifs is 8. The molecule has 2 aromatic heterocycles. The van der Waals surface area contributed by atoms with Gasteiger partial charge in [0.05, 0.1) is 28.1 Å². The number of aromatic nitrogens is 4. The molecule has 0 saturated heterocycles. The van der Waals surface area contributed by atoms with Crippen LogP contribution in [-0.2, 0) is 5.41 Å². The van der Waals surface area contributed by atoms with Crippen LogP contribution in [0.25, 0.3) is 83.6 Å². The molecule has 0 aliphatic carbocycles. The molecule has 0 unspecified atom stereocenters. The molecule has 0 bridgehead atoms. The second kappa shape index (κ2) is 11.8. The first-order valence-corrected chi connectivity index (χ1v) is 19.5. The highest BCUT2D eigenvalue weighted by atomic mass is 15.2. The molecular formula is C52H35N5. The fourth-order valence-corrected chi connectivity index (χ4v) is 9.41. The Bertz CT molecular complexity index is 3210. The van der Waals surface area contributed by atoms with Crippen molar-refractivity contribution < 1.29 is 0 Å². The van der Waals surface area contributed by atoms with Gasteiger partial charge in [0.15, 0.2) is 11.6 Å². The number of anilines is 3. The Morgan fingerprint density at radius 3 is 1.88 bits per heavy atom. The maximum Gasteiger partial charge on any atom is 0.238 e. The Kier molecular flexibility index (Phi) is 6.62. The molecule has 5 heteroatoms. The average Bonchev–Trinajstić information content (AvgIpc) is 3.60. The summed E-state index contributed by atoms with van der Waals surface area (Å²) in [6.07, 6.45) is 0. The van der Waals surface area contributed by atoms with Gasteiger partial charge in [0.25, 0.3) is 0 Å². The summed E-state index contributed by atoms with van der Waals surface area (Å²) >= 11 is 0. The molecular weight excluding hydrogens is 695 g/mol. The molecule has 10 aromatic rings. The zero-order chi connectivity index (χ0) is 37.8. The van der Waals surface area contributed by atoms with Crippen LogP contribution in [0.4, 0.5) is 17.1 Å². The summed E-state index contributed by atoms with van der Waals surface area (Å²) in [5.41, 5.74) is 15.1. The lowest BCUT2D eigenvalue weighted by atomic mass is 9.70. The molecule has 0 spiro atoms. The van der Waals surface area contributed by atoms with Gasteiger partial charge in [0.1, 0.15) is 0 Å². The number of hydrogen-bond acceptors (Lipinski definition) is 4. The van der Waals surface area contributed by atoms with E-state index in [1.54, 1.807) is 0 Å². The van der Waals surface area contributed by atoms with Crippen molar-refractivity contribution in [2.45, 2.75) is 19.3 Å². The van der Waals surface area contributed by atoms with E-state index < -0.39 is 0 Å². The Hall–Kier alpha value is -7.37. The normalized spacial score (nSPS) is 13.5. The molecule has 2 aliphatic heterocycles. The van der Waals surface area contributed by atoms with Crippen molar-refractivity contribution in [2.75, 3.05) is 4.90 Å². The maximum absolute atomic E-state index is 5.13. The lowest BCUT2D eigenvalue weighted by molar-refractivity contribution is 0.633. The van der Waals surface area contributed by atoms with Crippen LogP contribution in [0.1, 0.15) is 25.0 Å². The van der Waals surface area contributed by atoms with Gasteiger partial charge >= 0.3 is 0 Å². The molecule has 2 aliphatic rings. The summed E-state index contributed by atoms with van der Waals surface area (Å²) in [6.45, 7) is 4.76. The molecule has 57 heavy (non-hydrogen) atoms. The molecule has 0 N–H and O–H groups in total. The third-order valence-electron chi connectivity index (χ3n) is 12.2. The topological polar surface area (TPSA) is 46.8 Å². The van der Waals surface area contributed by atoms with Crippen molar-refractivity contribution >= 4 is 49.6 Å². The molecule has 0 radical (unpaired) electrons. The minimum Gasteiger partial charge on any atom is -0.309 e. The second-order valence-corrected chi connectivity index (χ2v) is 15.7. The molecule has 5 nitrogen and oxygen atoms in total. The predicted molar refractivity (Wildman–Crippen MR) is 234 cm³/mol. The number of nitrogens with zero attached hydrogens (tertiary/aromatic N) is 5. The number of hydrogen-bond donors (Lipinski definition) is 0. The van der Waals surface area contributed by atoms with Gasteiger partial charge in [-0.05, 0) is 69.6 Å². The molecule has 268 valence electrons. The van der Waals surface area contributed by atoms with Gasteiger partial charge in [-0.1, -0.05) is 153 Å². The highest BCUT2D eigenvalue weighted by Gasteiger charge is 2.41. The molecule has 0 fully saturated rings. The van der Waals surface area contributed by atoms with Gasteiger partial charge in [-0.2, -0.15) is 9.97 Å². The van der Waals surface area contributed by atoms with Crippen LogP contribution in [0.15, 0.2) is 176 Å². The molecule has 4 heterocycles. The quantitative estimate of drug-likeness (QED) is 0.181. The van der Waals surface area contributed by atoms with Gasteiger partial charge in [0, 0.05) is 38.3 Å². The smallest absolute Gasteiger partial charge is 0.238 e. The molecule has 12 rings (SSSR count). The Labute approximate surface area is 330 Å². The van der Waals surface area contributed by atoms with Gasteiger partial charge in [0.2, 0.25) is 5.95 Å². The minimum atomic E-state index is -0.226. The Morgan fingerprint density at radius 2 is 1.09 bits per heavy atom. The first-order valence-electron chi connectivity index (χ1n) is 19.5. The van der Waals surface area contributed by atoms with Crippen LogP contribution in [0, 0.1) is 0 Å². The second-order valence-electron chi connectivity index (χ2n) is 15.7. The van der Waals surface area contributed by atoms with Crippen molar-refractivity contribution in [3.63, 3.8) is 0 Å². The SMILES string of the molecule is CC1(C)c2cc(-c3ccc4c(c3)c3ccccc3n4-c3nc(-c4ccccc4)nc(-c4ccccc4)n3)ccc2N2c3ccccc3-c3cccc4ccc1c2c34. The van der Waals surface area contributed by atoms with E-state index in [1.807, 2.05) is 60.7 Å². The van der Waals surface area contributed by atoms with E-state index in [0.29, 0.717) is 17.6 Å². The van der Waals surface area contributed by atoms with E-state index in [1.165, 1.54) is 61.2 Å². The first-order chi connectivity index (χ1) is 28.0. The molecule has 8 aromatic carbocycles. The zero-order valence-corrected chi connectivity index (χ0v) is 31.5. The minimum absolute atomic E-state index is 0.226. The van der Waals surface area contributed by atoms with Crippen LogP contribution in [0.3, 0.4) is 0 Å².